The molecule has 2 N–H and O–H groups in total. The van der Waals surface area contributed by atoms with E-state index < -0.39 is 11.8 Å². The summed E-state index contributed by atoms with van der Waals surface area (Å²) in [5.74, 6) is -1.70. The number of halogens is 1. The van der Waals surface area contributed by atoms with Crippen molar-refractivity contribution < 1.29 is 14.0 Å². The maximum atomic E-state index is 13.1. The van der Waals surface area contributed by atoms with Gasteiger partial charge < -0.3 is 5.73 Å². The molecule has 0 saturated carbocycles. The van der Waals surface area contributed by atoms with Gasteiger partial charge in [-0.25, -0.2) is 4.39 Å². The van der Waals surface area contributed by atoms with Crippen molar-refractivity contribution in [2.24, 2.45) is 5.73 Å². The third kappa shape index (κ3) is 3.63. The molecule has 0 radical (unpaired) electrons. The lowest BCUT2D eigenvalue weighted by atomic mass is 9.89. The Hall–Kier alpha value is -3.27. The highest BCUT2D eigenvalue weighted by Gasteiger charge is 2.20. The standard InChI is InChI=1S/C21H16FNO2/c22-18-12-10-15(11-13-18)19(21(23)25)14-6-8-17(9-7-14)20(24)16-4-2-1-3-5-16/h1-13,19H,(H2,23,25)/t19-/m1/s1. The first-order chi connectivity index (χ1) is 12.1. The van der Waals surface area contributed by atoms with Crippen molar-refractivity contribution in [2.45, 2.75) is 5.92 Å². The van der Waals surface area contributed by atoms with Crippen LogP contribution in [0.4, 0.5) is 4.39 Å². The second-order valence-corrected chi connectivity index (χ2v) is 5.70. The molecule has 0 bridgehead atoms. The van der Waals surface area contributed by atoms with Gasteiger partial charge in [-0.3, -0.25) is 9.59 Å². The van der Waals surface area contributed by atoms with Crippen LogP contribution >= 0.6 is 0 Å². The Kier molecular flexibility index (Phi) is 4.70. The van der Waals surface area contributed by atoms with Crippen LogP contribution in [0, 0.1) is 5.82 Å². The fourth-order valence-electron chi connectivity index (χ4n) is 2.76. The molecule has 3 nitrogen and oxygen atoms in total. The average molecular weight is 333 g/mol. The fraction of sp³-hybridized carbons (Fsp3) is 0.0476. The van der Waals surface area contributed by atoms with Gasteiger partial charge in [-0.05, 0) is 23.3 Å². The number of benzene rings is 3. The molecular weight excluding hydrogens is 317 g/mol. The molecule has 3 aromatic carbocycles. The SMILES string of the molecule is NC(=O)[C@@H](c1ccc(F)cc1)c1ccc(C(=O)c2ccccc2)cc1. The second kappa shape index (κ2) is 7.09. The maximum absolute atomic E-state index is 13.1. The van der Waals surface area contributed by atoms with Crippen LogP contribution < -0.4 is 5.73 Å². The van der Waals surface area contributed by atoms with E-state index in [9.17, 15) is 14.0 Å². The van der Waals surface area contributed by atoms with Crippen LogP contribution in [0.3, 0.4) is 0 Å². The second-order valence-electron chi connectivity index (χ2n) is 5.70. The summed E-state index contributed by atoms with van der Waals surface area (Å²) in [6.07, 6.45) is 0. The molecule has 0 aliphatic heterocycles. The zero-order chi connectivity index (χ0) is 17.8. The number of hydrogen-bond donors (Lipinski definition) is 1. The van der Waals surface area contributed by atoms with E-state index >= 15 is 0 Å². The number of carbonyl (C=O) groups is 2. The van der Waals surface area contributed by atoms with Gasteiger partial charge in [0.1, 0.15) is 5.82 Å². The van der Waals surface area contributed by atoms with Crippen molar-refractivity contribution in [3.8, 4) is 0 Å². The maximum Gasteiger partial charge on any atom is 0.229 e. The topological polar surface area (TPSA) is 60.2 Å². The Morgan fingerprint density at radius 2 is 1.20 bits per heavy atom. The van der Waals surface area contributed by atoms with Gasteiger partial charge in [-0.15, -0.1) is 0 Å². The number of hydrogen-bond acceptors (Lipinski definition) is 2. The molecule has 1 amide bonds. The van der Waals surface area contributed by atoms with Crippen molar-refractivity contribution in [2.75, 3.05) is 0 Å². The van der Waals surface area contributed by atoms with Crippen LogP contribution in [0.5, 0.6) is 0 Å². The lowest BCUT2D eigenvalue weighted by Crippen LogP contribution is -2.22. The Labute approximate surface area is 144 Å². The van der Waals surface area contributed by atoms with Gasteiger partial charge >= 0.3 is 0 Å². The van der Waals surface area contributed by atoms with Crippen LogP contribution in [0.15, 0.2) is 78.9 Å². The molecule has 0 heterocycles. The number of rotatable bonds is 5. The first kappa shape index (κ1) is 16.6. The van der Waals surface area contributed by atoms with Crippen LogP contribution in [0.2, 0.25) is 0 Å². The molecule has 0 aromatic heterocycles. The number of nitrogens with two attached hydrogens (primary N) is 1. The van der Waals surface area contributed by atoms with E-state index in [-0.39, 0.29) is 11.6 Å². The Morgan fingerprint density at radius 1 is 0.720 bits per heavy atom. The zero-order valence-electron chi connectivity index (χ0n) is 13.4. The number of primary amides is 1. The average Bonchev–Trinajstić information content (AvgIpc) is 2.64. The fourth-order valence-corrected chi connectivity index (χ4v) is 2.76. The van der Waals surface area contributed by atoms with E-state index in [1.807, 2.05) is 6.07 Å². The van der Waals surface area contributed by atoms with Crippen LogP contribution in [-0.2, 0) is 4.79 Å². The summed E-state index contributed by atoms with van der Waals surface area (Å²) in [6, 6.07) is 21.4. The van der Waals surface area contributed by atoms with Crippen molar-refractivity contribution in [3.05, 3.63) is 107 Å². The molecular formula is C21H16FNO2. The van der Waals surface area contributed by atoms with Gasteiger partial charge in [-0.2, -0.15) is 0 Å². The van der Waals surface area contributed by atoms with Gasteiger partial charge in [0.25, 0.3) is 0 Å². The molecule has 0 spiro atoms. The third-order valence-corrected chi connectivity index (χ3v) is 4.03. The molecule has 1 atom stereocenters. The quantitative estimate of drug-likeness (QED) is 0.724. The Morgan fingerprint density at radius 3 is 1.72 bits per heavy atom. The summed E-state index contributed by atoms with van der Waals surface area (Å²) in [6.45, 7) is 0. The molecule has 4 heteroatoms. The summed E-state index contributed by atoms with van der Waals surface area (Å²) >= 11 is 0. The number of ketones is 1. The Bertz CT molecular complexity index is 887. The molecule has 0 fully saturated rings. The normalized spacial score (nSPS) is 11.7. The molecule has 0 saturated heterocycles. The summed E-state index contributed by atoms with van der Waals surface area (Å²) < 4.78 is 13.1. The molecule has 25 heavy (non-hydrogen) atoms. The Balaban J connectivity index is 1.91. The highest BCUT2D eigenvalue weighted by atomic mass is 19.1. The summed E-state index contributed by atoms with van der Waals surface area (Å²) in [4.78, 5) is 24.3. The van der Waals surface area contributed by atoms with Gasteiger partial charge in [-0.1, -0.05) is 66.7 Å². The molecule has 124 valence electrons. The summed E-state index contributed by atoms with van der Waals surface area (Å²) in [7, 11) is 0. The van der Waals surface area contributed by atoms with Crippen molar-refractivity contribution in [3.63, 3.8) is 0 Å². The number of carbonyl (C=O) groups excluding carboxylic acids is 2. The highest BCUT2D eigenvalue weighted by molar-refractivity contribution is 6.09. The third-order valence-electron chi connectivity index (χ3n) is 4.03. The zero-order valence-corrected chi connectivity index (χ0v) is 13.4. The lowest BCUT2D eigenvalue weighted by molar-refractivity contribution is -0.118. The lowest BCUT2D eigenvalue weighted by Gasteiger charge is -2.15. The van der Waals surface area contributed by atoms with Crippen molar-refractivity contribution in [1.82, 2.24) is 0 Å². The highest BCUT2D eigenvalue weighted by Crippen LogP contribution is 2.25. The molecule has 3 aromatic rings. The molecule has 0 unspecified atom stereocenters. The van der Waals surface area contributed by atoms with Crippen molar-refractivity contribution in [1.29, 1.82) is 0 Å². The summed E-state index contributed by atoms with van der Waals surface area (Å²) in [5, 5.41) is 0. The van der Waals surface area contributed by atoms with E-state index in [0.29, 0.717) is 22.3 Å². The smallest absolute Gasteiger partial charge is 0.229 e. The van der Waals surface area contributed by atoms with Crippen LogP contribution in [-0.4, -0.2) is 11.7 Å². The number of amides is 1. The van der Waals surface area contributed by atoms with E-state index in [1.54, 1.807) is 48.5 Å². The molecule has 0 aliphatic rings. The van der Waals surface area contributed by atoms with Gasteiger partial charge in [0.05, 0.1) is 5.92 Å². The van der Waals surface area contributed by atoms with Crippen molar-refractivity contribution >= 4 is 11.7 Å². The van der Waals surface area contributed by atoms with Crippen LogP contribution in [0.25, 0.3) is 0 Å². The first-order valence-corrected chi connectivity index (χ1v) is 7.81. The van der Waals surface area contributed by atoms with E-state index in [1.165, 1.54) is 24.3 Å². The largest absolute Gasteiger partial charge is 0.369 e. The monoisotopic (exact) mass is 333 g/mol. The minimum Gasteiger partial charge on any atom is -0.369 e. The van der Waals surface area contributed by atoms with Crippen LogP contribution in [0.1, 0.15) is 33.0 Å². The van der Waals surface area contributed by atoms with Gasteiger partial charge in [0, 0.05) is 11.1 Å². The van der Waals surface area contributed by atoms with Gasteiger partial charge in [0.2, 0.25) is 5.91 Å². The predicted molar refractivity (Wildman–Crippen MR) is 93.8 cm³/mol. The van der Waals surface area contributed by atoms with E-state index in [2.05, 4.69) is 0 Å². The minimum atomic E-state index is -0.693. The van der Waals surface area contributed by atoms with E-state index in [0.717, 1.165) is 0 Å². The molecule has 3 rings (SSSR count). The minimum absolute atomic E-state index is 0.0930. The summed E-state index contributed by atoms with van der Waals surface area (Å²) in [5.41, 5.74) is 7.91. The predicted octanol–water partition coefficient (Wildman–Crippen LogP) is 3.67. The van der Waals surface area contributed by atoms with E-state index in [4.69, 9.17) is 5.73 Å². The first-order valence-electron chi connectivity index (χ1n) is 7.81. The van der Waals surface area contributed by atoms with Gasteiger partial charge in [0.15, 0.2) is 5.78 Å². The molecule has 0 aliphatic carbocycles.